The Kier molecular flexibility index (Phi) is 4.39. The molecule has 0 aromatic carbocycles. The first-order valence-electron chi connectivity index (χ1n) is 5.75. The van der Waals surface area contributed by atoms with Crippen molar-refractivity contribution >= 4 is 17.4 Å². The van der Waals surface area contributed by atoms with Gasteiger partial charge in [0.2, 0.25) is 0 Å². The van der Waals surface area contributed by atoms with E-state index in [0.717, 1.165) is 11.4 Å². The Hall–Kier alpha value is -0.800. The normalized spacial score (nSPS) is 13.6. The zero-order chi connectivity index (χ0) is 13.2. The summed E-state index contributed by atoms with van der Waals surface area (Å²) in [7, 11) is 1.99. The maximum Gasteiger partial charge on any atom is 0.147 e. The summed E-state index contributed by atoms with van der Waals surface area (Å²) in [6, 6.07) is 2.07. The molecule has 0 saturated carbocycles. The van der Waals surface area contributed by atoms with Gasteiger partial charge in [-0.2, -0.15) is 0 Å². The lowest BCUT2D eigenvalue weighted by Crippen LogP contribution is -2.40. The Morgan fingerprint density at radius 1 is 1.47 bits per heavy atom. The quantitative estimate of drug-likeness (QED) is 0.903. The summed E-state index contributed by atoms with van der Waals surface area (Å²) in [6.45, 7) is 8.67. The largest absolute Gasteiger partial charge is 0.392 e. The van der Waals surface area contributed by atoms with E-state index in [9.17, 15) is 0 Å². The third-order valence-corrected chi connectivity index (χ3v) is 3.51. The lowest BCUT2D eigenvalue weighted by Gasteiger charge is -2.36. The first kappa shape index (κ1) is 14.3. The zero-order valence-corrected chi connectivity index (χ0v) is 11.9. The number of pyridine rings is 1. The number of aromatic nitrogens is 1. The van der Waals surface area contributed by atoms with Gasteiger partial charge in [0.25, 0.3) is 0 Å². The molecule has 1 aromatic rings. The molecule has 1 heterocycles. The van der Waals surface area contributed by atoms with Crippen LogP contribution < -0.4 is 4.90 Å². The van der Waals surface area contributed by atoms with Crippen LogP contribution in [0.2, 0.25) is 5.02 Å². The summed E-state index contributed by atoms with van der Waals surface area (Å²) in [6.07, 6.45) is 1.66. The van der Waals surface area contributed by atoms with Gasteiger partial charge in [-0.25, -0.2) is 4.98 Å². The molecular formula is C13H21ClN2O. The molecule has 0 amide bonds. The van der Waals surface area contributed by atoms with Gasteiger partial charge in [0.1, 0.15) is 5.82 Å². The summed E-state index contributed by atoms with van der Waals surface area (Å²) < 4.78 is 0. The van der Waals surface area contributed by atoms with E-state index in [0.29, 0.717) is 11.1 Å². The molecule has 1 N–H and O–H groups in total. The summed E-state index contributed by atoms with van der Waals surface area (Å²) in [5.74, 6) is 0.756. The van der Waals surface area contributed by atoms with Gasteiger partial charge in [0.15, 0.2) is 0 Å². The monoisotopic (exact) mass is 256 g/mol. The molecule has 4 heteroatoms. The molecule has 1 rings (SSSR count). The standard InChI is InChI=1S/C13H21ClN2O/c1-9(13(2,3)4)16(5)12-11(14)6-10(8-17)7-15-12/h6-7,9,17H,8H2,1-5H3. The second-order valence-electron chi connectivity index (χ2n) is 5.46. The van der Waals surface area contributed by atoms with Crippen molar-refractivity contribution in [3.63, 3.8) is 0 Å². The molecule has 0 spiro atoms. The Balaban J connectivity index is 3.01. The summed E-state index contributed by atoms with van der Waals surface area (Å²) in [4.78, 5) is 6.39. The van der Waals surface area contributed by atoms with E-state index in [1.54, 1.807) is 12.3 Å². The SMILES string of the molecule is CC(N(C)c1ncc(CO)cc1Cl)C(C)(C)C. The van der Waals surface area contributed by atoms with Gasteiger partial charge in [0, 0.05) is 19.3 Å². The molecule has 0 saturated heterocycles. The van der Waals surface area contributed by atoms with Gasteiger partial charge >= 0.3 is 0 Å². The van der Waals surface area contributed by atoms with Crippen LogP contribution in [0.15, 0.2) is 12.3 Å². The maximum absolute atomic E-state index is 9.02. The van der Waals surface area contributed by atoms with Crippen LogP contribution in [0.1, 0.15) is 33.3 Å². The van der Waals surface area contributed by atoms with Gasteiger partial charge in [-0.05, 0) is 24.0 Å². The van der Waals surface area contributed by atoms with Gasteiger partial charge < -0.3 is 10.0 Å². The molecule has 0 bridgehead atoms. The van der Waals surface area contributed by atoms with E-state index < -0.39 is 0 Å². The highest BCUT2D eigenvalue weighted by atomic mass is 35.5. The zero-order valence-electron chi connectivity index (χ0n) is 11.2. The van der Waals surface area contributed by atoms with Crippen LogP contribution in [-0.4, -0.2) is 23.2 Å². The third kappa shape index (κ3) is 3.33. The number of hydrogen-bond acceptors (Lipinski definition) is 3. The third-order valence-electron chi connectivity index (χ3n) is 3.23. The van der Waals surface area contributed by atoms with Crippen molar-refractivity contribution in [3.05, 3.63) is 22.8 Å². The number of rotatable bonds is 3. The minimum absolute atomic E-state index is 0.0362. The van der Waals surface area contributed by atoms with Crippen molar-refractivity contribution in [2.75, 3.05) is 11.9 Å². The Bertz CT molecular complexity index is 387. The number of aliphatic hydroxyl groups is 1. The van der Waals surface area contributed by atoms with E-state index in [1.807, 2.05) is 7.05 Å². The number of aliphatic hydroxyl groups excluding tert-OH is 1. The number of halogens is 1. The topological polar surface area (TPSA) is 36.4 Å². The van der Waals surface area contributed by atoms with Crippen LogP contribution in [0, 0.1) is 5.41 Å². The molecule has 0 radical (unpaired) electrons. The fourth-order valence-electron chi connectivity index (χ4n) is 1.58. The van der Waals surface area contributed by atoms with Crippen LogP contribution in [-0.2, 0) is 6.61 Å². The smallest absolute Gasteiger partial charge is 0.147 e. The molecule has 0 aliphatic carbocycles. The van der Waals surface area contributed by atoms with Crippen molar-refractivity contribution in [2.45, 2.75) is 40.3 Å². The summed E-state index contributed by atoms with van der Waals surface area (Å²) >= 11 is 6.18. The second-order valence-corrected chi connectivity index (χ2v) is 5.87. The fourth-order valence-corrected chi connectivity index (χ4v) is 1.90. The maximum atomic E-state index is 9.02. The molecular weight excluding hydrogens is 236 g/mol. The first-order chi connectivity index (χ1) is 7.77. The highest BCUT2D eigenvalue weighted by molar-refractivity contribution is 6.33. The predicted octanol–water partition coefficient (Wildman–Crippen LogP) is 3.10. The van der Waals surface area contributed by atoms with Crippen LogP contribution in [0.4, 0.5) is 5.82 Å². The van der Waals surface area contributed by atoms with E-state index in [-0.39, 0.29) is 12.0 Å². The highest BCUT2D eigenvalue weighted by Gasteiger charge is 2.25. The van der Waals surface area contributed by atoms with Crippen molar-refractivity contribution in [3.8, 4) is 0 Å². The van der Waals surface area contributed by atoms with Crippen LogP contribution in [0.25, 0.3) is 0 Å². The van der Waals surface area contributed by atoms with Gasteiger partial charge in [-0.15, -0.1) is 0 Å². The van der Waals surface area contributed by atoms with E-state index >= 15 is 0 Å². The Labute approximate surface area is 108 Å². The lowest BCUT2D eigenvalue weighted by atomic mass is 9.87. The molecule has 3 nitrogen and oxygen atoms in total. The molecule has 0 aliphatic rings. The van der Waals surface area contributed by atoms with Gasteiger partial charge in [-0.3, -0.25) is 0 Å². The average Bonchev–Trinajstić information content (AvgIpc) is 2.25. The predicted molar refractivity (Wildman–Crippen MR) is 72.5 cm³/mol. The van der Waals surface area contributed by atoms with Crippen molar-refractivity contribution in [1.82, 2.24) is 4.98 Å². The first-order valence-corrected chi connectivity index (χ1v) is 6.13. The fraction of sp³-hybridized carbons (Fsp3) is 0.615. The molecule has 96 valence electrons. The van der Waals surface area contributed by atoms with Crippen molar-refractivity contribution < 1.29 is 5.11 Å². The minimum Gasteiger partial charge on any atom is -0.392 e. The summed E-state index contributed by atoms with van der Waals surface area (Å²) in [5.41, 5.74) is 0.880. The lowest BCUT2D eigenvalue weighted by molar-refractivity contribution is 0.281. The van der Waals surface area contributed by atoms with Crippen molar-refractivity contribution in [1.29, 1.82) is 0 Å². The van der Waals surface area contributed by atoms with E-state index in [2.05, 4.69) is 37.6 Å². The highest BCUT2D eigenvalue weighted by Crippen LogP contribution is 2.30. The van der Waals surface area contributed by atoms with Crippen LogP contribution in [0.3, 0.4) is 0 Å². The van der Waals surface area contributed by atoms with Crippen LogP contribution >= 0.6 is 11.6 Å². The molecule has 1 atom stereocenters. The average molecular weight is 257 g/mol. The summed E-state index contributed by atoms with van der Waals surface area (Å²) in [5, 5.41) is 9.60. The van der Waals surface area contributed by atoms with Gasteiger partial charge in [0.05, 0.1) is 11.6 Å². The molecule has 0 fully saturated rings. The number of nitrogens with zero attached hydrogens (tertiary/aromatic N) is 2. The minimum atomic E-state index is -0.0362. The molecule has 0 aliphatic heterocycles. The molecule has 17 heavy (non-hydrogen) atoms. The van der Waals surface area contributed by atoms with Crippen molar-refractivity contribution in [2.24, 2.45) is 5.41 Å². The van der Waals surface area contributed by atoms with E-state index in [4.69, 9.17) is 16.7 Å². The van der Waals surface area contributed by atoms with E-state index in [1.165, 1.54) is 0 Å². The Morgan fingerprint density at radius 2 is 2.06 bits per heavy atom. The number of hydrogen-bond donors (Lipinski definition) is 1. The van der Waals surface area contributed by atoms with Gasteiger partial charge in [-0.1, -0.05) is 32.4 Å². The Morgan fingerprint density at radius 3 is 2.47 bits per heavy atom. The molecule has 1 aromatic heterocycles. The number of anilines is 1. The second kappa shape index (κ2) is 5.23. The molecule has 1 unspecified atom stereocenters. The van der Waals surface area contributed by atoms with Crippen LogP contribution in [0.5, 0.6) is 0 Å².